The van der Waals surface area contributed by atoms with E-state index in [4.69, 9.17) is 4.74 Å². The number of rotatable bonds is 2. The van der Waals surface area contributed by atoms with Crippen molar-refractivity contribution in [1.29, 1.82) is 0 Å². The van der Waals surface area contributed by atoms with Gasteiger partial charge in [0.05, 0.1) is 5.56 Å². The fourth-order valence-corrected chi connectivity index (χ4v) is 4.80. The van der Waals surface area contributed by atoms with E-state index in [1.165, 1.54) is 12.8 Å². The summed E-state index contributed by atoms with van der Waals surface area (Å²) in [5.74, 6) is 1.48. The number of carbonyl (C=O) groups is 2. The summed E-state index contributed by atoms with van der Waals surface area (Å²) < 4.78 is 6.00. The summed E-state index contributed by atoms with van der Waals surface area (Å²) in [6.07, 6.45) is 6.35. The maximum absolute atomic E-state index is 13.1. The molecule has 2 atom stereocenters. The molecular weight excluding hydrogens is 352 g/mol. The third kappa shape index (κ3) is 3.63. The molecule has 3 aliphatic heterocycles. The van der Waals surface area contributed by atoms with Crippen molar-refractivity contribution in [1.82, 2.24) is 9.80 Å². The Morgan fingerprint density at radius 3 is 2.29 bits per heavy atom. The maximum Gasteiger partial charge on any atom is 0.257 e. The predicted octanol–water partition coefficient (Wildman–Crippen LogP) is 3.83. The lowest BCUT2D eigenvalue weighted by Gasteiger charge is -2.34. The molecule has 1 aromatic rings. The summed E-state index contributed by atoms with van der Waals surface area (Å²) in [5, 5.41) is 0. The summed E-state index contributed by atoms with van der Waals surface area (Å²) in [6, 6.07) is 5.90. The average Bonchev–Trinajstić information content (AvgIpc) is 2.91. The van der Waals surface area contributed by atoms with Gasteiger partial charge in [0, 0.05) is 43.6 Å². The highest BCUT2D eigenvalue weighted by atomic mass is 16.5. The first kappa shape index (κ1) is 19.3. The molecule has 5 heteroatoms. The number of benzene rings is 1. The van der Waals surface area contributed by atoms with Crippen molar-refractivity contribution >= 4 is 11.8 Å². The van der Waals surface area contributed by atoms with Crippen LogP contribution >= 0.6 is 0 Å². The Balaban J connectivity index is 1.39. The van der Waals surface area contributed by atoms with Crippen molar-refractivity contribution in [2.24, 2.45) is 5.92 Å². The Kier molecular flexibility index (Phi) is 5.61. The predicted molar refractivity (Wildman–Crippen MR) is 109 cm³/mol. The van der Waals surface area contributed by atoms with Crippen molar-refractivity contribution < 1.29 is 14.3 Å². The number of ether oxygens (including phenoxy) is 1. The summed E-state index contributed by atoms with van der Waals surface area (Å²) in [6.45, 7) is 7.31. The van der Waals surface area contributed by atoms with Gasteiger partial charge in [0.25, 0.3) is 5.91 Å². The Bertz CT molecular complexity index is 731. The summed E-state index contributed by atoms with van der Waals surface area (Å²) >= 11 is 0. The van der Waals surface area contributed by atoms with Gasteiger partial charge in [-0.2, -0.15) is 0 Å². The van der Waals surface area contributed by atoms with E-state index < -0.39 is 0 Å². The zero-order valence-corrected chi connectivity index (χ0v) is 17.2. The number of carbonyl (C=O) groups excluding carboxylic acids is 2. The maximum atomic E-state index is 13.1. The monoisotopic (exact) mass is 384 g/mol. The molecule has 2 saturated heterocycles. The van der Waals surface area contributed by atoms with Crippen LogP contribution in [0.4, 0.5) is 0 Å². The largest absolute Gasteiger partial charge is 0.489 e. The van der Waals surface area contributed by atoms with E-state index in [0.717, 1.165) is 50.1 Å². The van der Waals surface area contributed by atoms with Crippen molar-refractivity contribution in [3.63, 3.8) is 0 Å². The number of amides is 2. The van der Waals surface area contributed by atoms with E-state index in [-0.39, 0.29) is 17.9 Å². The summed E-state index contributed by atoms with van der Waals surface area (Å²) in [5.41, 5.74) is 1.80. The van der Waals surface area contributed by atoms with Crippen LogP contribution in [0.5, 0.6) is 5.75 Å². The molecule has 3 aliphatic rings. The quantitative estimate of drug-likeness (QED) is 0.779. The standard InChI is InChI=1S/C23H32N2O3/c1-16-17(2)28-21-19(16)8-7-9-20(21)23(27)25-14-10-18(11-15-25)22(26)24-12-5-3-4-6-13-24/h7-9,16-18H,3-6,10-15H2,1-2H3/t16-,17-/m1/s1. The Morgan fingerprint density at radius 1 is 0.929 bits per heavy atom. The molecule has 0 unspecified atom stereocenters. The number of hydrogen-bond acceptors (Lipinski definition) is 3. The van der Waals surface area contributed by atoms with Crippen LogP contribution in [0.15, 0.2) is 18.2 Å². The fourth-order valence-electron chi connectivity index (χ4n) is 4.80. The van der Waals surface area contributed by atoms with Crippen molar-refractivity contribution in [2.75, 3.05) is 26.2 Å². The number of hydrogen-bond donors (Lipinski definition) is 0. The van der Waals surface area contributed by atoms with Crippen LogP contribution < -0.4 is 4.74 Å². The Hall–Kier alpha value is -2.04. The lowest BCUT2D eigenvalue weighted by atomic mass is 9.93. The van der Waals surface area contributed by atoms with Gasteiger partial charge in [0.15, 0.2) is 0 Å². The van der Waals surface area contributed by atoms with Crippen LogP contribution in [0.2, 0.25) is 0 Å². The molecule has 28 heavy (non-hydrogen) atoms. The minimum Gasteiger partial charge on any atom is -0.489 e. The minimum atomic E-state index is 0.0406. The van der Waals surface area contributed by atoms with Gasteiger partial charge in [-0.25, -0.2) is 0 Å². The van der Waals surface area contributed by atoms with Crippen LogP contribution in [-0.2, 0) is 4.79 Å². The molecule has 4 rings (SSSR count). The number of fused-ring (bicyclic) bond motifs is 1. The van der Waals surface area contributed by atoms with E-state index in [1.54, 1.807) is 0 Å². The lowest BCUT2D eigenvalue weighted by Crippen LogP contribution is -2.44. The second-order valence-corrected chi connectivity index (χ2v) is 8.64. The van der Waals surface area contributed by atoms with Gasteiger partial charge in [0.1, 0.15) is 11.9 Å². The molecule has 1 aromatic carbocycles. The normalized spacial score (nSPS) is 25.8. The second kappa shape index (κ2) is 8.14. The molecule has 0 saturated carbocycles. The van der Waals surface area contributed by atoms with Gasteiger partial charge in [0.2, 0.25) is 5.91 Å². The molecule has 0 aliphatic carbocycles. The van der Waals surface area contributed by atoms with Crippen molar-refractivity contribution in [3.8, 4) is 5.75 Å². The van der Waals surface area contributed by atoms with Crippen LogP contribution in [0.1, 0.15) is 74.2 Å². The summed E-state index contributed by atoms with van der Waals surface area (Å²) in [4.78, 5) is 30.0. The third-order valence-corrected chi connectivity index (χ3v) is 6.82. The average molecular weight is 385 g/mol. The van der Waals surface area contributed by atoms with E-state index >= 15 is 0 Å². The zero-order valence-electron chi connectivity index (χ0n) is 17.2. The van der Waals surface area contributed by atoms with Gasteiger partial charge < -0.3 is 14.5 Å². The first-order valence-corrected chi connectivity index (χ1v) is 10.9. The first-order valence-electron chi connectivity index (χ1n) is 10.9. The summed E-state index contributed by atoms with van der Waals surface area (Å²) in [7, 11) is 0. The topological polar surface area (TPSA) is 49.9 Å². The van der Waals surface area contributed by atoms with Crippen LogP contribution in [0.25, 0.3) is 0 Å². The number of likely N-dealkylation sites (tertiary alicyclic amines) is 2. The fraction of sp³-hybridized carbons (Fsp3) is 0.652. The van der Waals surface area contributed by atoms with E-state index in [1.807, 2.05) is 17.0 Å². The van der Waals surface area contributed by atoms with Crippen LogP contribution in [-0.4, -0.2) is 53.9 Å². The molecule has 0 spiro atoms. The molecule has 5 nitrogen and oxygen atoms in total. The van der Waals surface area contributed by atoms with E-state index in [9.17, 15) is 9.59 Å². The molecular formula is C23H32N2O3. The molecule has 0 N–H and O–H groups in total. The number of para-hydroxylation sites is 1. The van der Waals surface area contributed by atoms with E-state index in [2.05, 4.69) is 24.8 Å². The van der Waals surface area contributed by atoms with E-state index in [0.29, 0.717) is 30.5 Å². The van der Waals surface area contributed by atoms with Crippen molar-refractivity contribution in [2.45, 2.75) is 64.4 Å². The number of piperidine rings is 1. The molecule has 0 bridgehead atoms. The van der Waals surface area contributed by atoms with Crippen LogP contribution in [0, 0.1) is 5.92 Å². The smallest absolute Gasteiger partial charge is 0.257 e. The van der Waals surface area contributed by atoms with Gasteiger partial charge in [-0.15, -0.1) is 0 Å². The van der Waals surface area contributed by atoms with Gasteiger partial charge >= 0.3 is 0 Å². The van der Waals surface area contributed by atoms with Gasteiger partial charge in [-0.1, -0.05) is 31.9 Å². The third-order valence-electron chi connectivity index (χ3n) is 6.82. The first-order chi connectivity index (χ1) is 13.6. The van der Waals surface area contributed by atoms with Crippen LogP contribution in [0.3, 0.4) is 0 Å². The highest BCUT2D eigenvalue weighted by Gasteiger charge is 2.35. The lowest BCUT2D eigenvalue weighted by molar-refractivity contribution is -0.136. The molecule has 2 amide bonds. The molecule has 2 fully saturated rings. The molecule has 152 valence electrons. The molecule has 3 heterocycles. The highest BCUT2D eigenvalue weighted by Crippen LogP contribution is 2.40. The van der Waals surface area contributed by atoms with Gasteiger partial charge in [-0.05, 0) is 38.7 Å². The Morgan fingerprint density at radius 2 is 1.61 bits per heavy atom. The van der Waals surface area contributed by atoms with Gasteiger partial charge in [-0.3, -0.25) is 9.59 Å². The SMILES string of the molecule is C[C@H]1Oc2c(C(=O)N3CCC(C(=O)N4CCCCCC4)CC3)cccc2[C@@H]1C. The highest BCUT2D eigenvalue weighted by molar-refractivity contribution is 5.98. The zero-order chi connectivity index (χ0) is 19.7. The van der Waals surface area contributed by atoms with Crippen molar-refractivity contribution in [3.05, 3.63) is 29.3 Å². The molecule has 0 radical (unpaired) electrons. The molecule has 0 aromatic heterocycles. The second-order valence-electron chi connectivity index (χ2n) is 8.64. The number of nitrogens with zero attached hydrogens (tertiary/aromatic N) is 2. The minimum absolute atomic E-state index is 0.0406. The Labute approximate surface area is 168 Å².